The summed E-state index contributed by atoms with van der Waals surface area (Å²) in [6, 6.07) is 5.22. The van der Waals surface area contributed by atoms with Gasteiger partial charge in [0, 0.05) is 0 Å². The molecule has 4 heteroatoms. The molecule has 0 fully saturated rings. The molecular formula is C11H13NO3. The second-order valence-corrected chi connectivity index (χ2v) is 3.51. The van der Waals surface area contributed by atoms with Gasteiger partial charge in [0.1, 0.15) is 11.9 Å². The monoisotopic (exact) mass is 207 g/mol. The Balaban J connectivity index is 2.30. The average molecular weight is 207 g/mol. The molecule has 1 unspecified atom stereocenters. The van der Waals surface area contributed by atoms with Crippen LogP contribution in [0.25, 0.3) is 0 Å². The molecule has 1 aromatic carbocycles. The van der Waals surface area contributed by atoms with Crippen LogP contribution in [0, 0.1) is 0 Å². The molecule has 2 rings (SSSR count). The van der Waals surface area contributed by atoms with E-state index >= 15 is 0 Å². The van der Waals surface area contributed by atoms with E-state index in [9.17, 15) is 4.79 Å². The van der Waals surface area contributed by atoms with Crippen LogP contribution < -0.4 is 10.1 Å². The van der Waals surface area contributed by atoms with Crippen molar-refractivity contribution in [2.24, 2.45) is 0 Å². The number of hydrogen-bond acceptors (Lipinski definition) is 4. The summed E-state index contributed by atoms with van der Waals surface area (Å²) in [5.41, 5.74) is 1.37. The Labute approximate surface area is 88.2 Å². The smallest absolute Gasteiger partial charge is 0.337 e. The van der Waals surface area contributed by atoms with Crippen LogP contribution in [0.15, 0.2) is 18.2 Å². The van der Waals surface area contributed by atoms with Crippen LogP contribution in [0.5, 0.6) is 5.75 Å². The Bertz CT molecular complexity index is 389. The number of fused-ring (bicyclic) bond motifs is 1. The maximum absolute atomic E-state index is 11.3. The van der Waals surface area contributed by atoms with E-state index in [-0.39, 0.29) is 12.1 Å². The van der Waals surface area contributed by atoms with Crippen LogP contribution in [0.3, 0.4) is 0 Å². The van der Waals surface area contributed by atoms with Gasteiger partial charge in [0.15, 0.2) is 0 Å². The Kier molecular flexibility index (Phi) is 2.49. The molecule has 15 heavy (non-hydrogen) atoms. The number of carbonyl (C=O) groups excluding carboxylic acids is 1. The SMILES string of the molecule is COC(=O)c1ccc2c(c1)NCC(C)O2. The summed E-state index contributed by atoms with van der Waals surface area (Å²) in [6.07, 6.45) is 0.154. The first-order valence-corrected chi connectivity index (χ1v) is 4.83. The number of methoxy groups -OCH3 is 1. The molecule has 1 atom stereocenters. The van der Waals surface area contributed by atoms with Gasteiger partial charge < -0.3 is 14.8 Å². The van der Waals surface area contributed by atoms with Crippen molar-refractivity contribution < 1.29 is 14.3 Å². The molecule has 0 saturated heterocycles. The predicted octanol–water partition coefficient (Wildman–Crippen LogP) is 1.67. The summed E-state index contributed by atoms with van der Waals surface area (Å²) in [7, 11) is 1.37. The fourth-order valence-corrected chi connectivity index (χ4v) is 1.53. The van der Waals surface area contributed by atoms with Crippen LogP contribution in [0.1, 0.15) is 17.3 Å². The highest BCUT2D eigenvalue weighted by Crippen LogP contribution is 2.29. The topological polar surface area (TPSA) is 47.6 Å². The highest BCUT2D eigenvalue weighted by atomic mass is 16.5. The van der Waals surface area contributed by atoms with E-state index in [0.29, 0.717) is 5.56 Å². The van der Waals surface area contributed by atoms with Gasteiger partial charge in [-0.25, -0.2) is 4.79 Å². The number of benzene rings is 1. The number of ether oxygens (including phenoxy) is 2. The van der Waals surface area contributed by atoms with E-state index in [1.165, 1.54) is 7.11 Å². The van der Waals surface area contributed by atoms with Gasteiger partial charge in [-0.2, -0.15) is 0 Å². The standard InChI is InChI=1S/C11H13NO3/c1-7-6-12-9-5-8(11(13)14-2)3-4-10(9)15-7/h3-5,7,12H,6H2,1-2H3. The highest BCUT2D eigenvalue weighted by molar-refractivity contribution is 5.91. The van der Waals surface area contributed by atoms with Gasteiger partial charge in [-0.1, -0.05) is 0 Å². The third-order valence-corrected chi connectivity index (χ3v) is 2.31. The third kappa shape index (κ3) is 1.88. The molecule has 0 aliphatic carbocycles. The van der Waals surface area contributed by atoms with Crippen molar-refractivity contribution >= 4 is 11.7 Å². The molecule has 0 spiro atoms. The minimum absolute atomic E-state index is 0.154. The largest absolute Gasteiger partial charge is 0.487 e. The first-order chi connectivity index (χ1) is 7.20. The van der Waals surface area contributed by atoms with Crippen molar-refractivity contribution in [2.75, 3.05) is 19.0 Å². The van der Waals surface area contributed by atoms with E-state index in [1.807, 2.05) is 6.92 Å². The van der Waals surface area contributed by atoms with Crippen molar-refractivity contribution in [3.8, 4) is 5.75 Å². The molecular weight excluding hydrogens is 194 g/mol. The molecule has 1 aromatic rings. The predicted molar refractivity (Wildman–Crippen MR) is 56.4 cm³/mol. The third-order valence-electron chi connectivity index (χ3n) is 2.31. The van der Waals surface area contributed by atoms with Crippen molar-refractivity contribution in [1.29, 1.82) is 0 Å². The van der Waals surface area contributed by atoms with Crippen molar-refractivity contribution in [3.05, 3.63) is 23.8 Å². The van der Waals surface area contributed by atoms with Gasteiger partial charge in [0.2, 0.25) is 0 Å². The summed E-state index contributed by atoms with van der Waals surface area (Å²) in [5.74, 6) is 0.444. The first kappa shape index (κ1) is 9.83. The number of anilines is 1. The molecule has 0 radical (unpaired) electrons. The Hall–Kier alpha value is -1.71. The normalized spacial score (nSPS) is 18.4. The first-order valence-electron chi connectivity index (χ1n) is 4.83. The van der Waals surface area contributed by atoms with Crippen molar-refractivity contribution in [2.45, 2.75) is 13.0 Å². The van der Waals surface area contributed by atoms with Crippen LogP contribution in [0.2, 0.25) is 0 Å². The lowest BCUT2D eigenvalue weighted by Crippen LogP contribution is -2.27. The minimum Gasteiger partial charge on any atom is -0.487 e. The van der Waals surface area contributed by atoms with Gasteiger partial charge in [0.05, 0.1) is 24.9 Å². The number of hydrogen-bond donors (Lipinski definition) is 1. The number of nitrogens with one attached hydrogen (secondary N) is 1. The minimum atomic E-state index is -0.335. The molecule has 1 heterocycles. The molecule has 1 N–H and O–H groups in total. The van der Waals surface area contributed by atoms with Crippen LogP contribution >= 0.6 is 0 Å². The van der Waals surface area contributed by atoms with E-state index in [0.717, 1.165) is 18.0 Å². The molecule has 0 bridgehead atoms. The second kappa shape index (κ2) is 3.81. The van der Waals surface area contributed by atoms with E-state index < -0.39 is 0 Å². The Morgan fingerprint density at radius 3 is 3.13 bits per heavy atom. The van der Waals surface area contributed by atoms with E-state index in [2.05, 4.69) is 10.1 Å². The summed E-state index contributed by atoms with van der Waals surface area (Å²) in [6.45, 7) is 2.74. The lowest BCUT2D eigenvalue weighted by Gasteiger charge is -2.24. The van der Waals surface area contributed by atoms with E-state index in [4.69, 9.17) is 4.74 Å². The average Bonchev–Trinajstić information content (AvgIpc) is 2.27. The van der Waals surface area contributed by atoms with Crippen LogP contribution in [0.4, 0.5) is 5.69 Å². The lowest BCUT2D eigenvalue weighted by atomic mass is 10.1. The zero-order chi connectivity index (χ0) is 10.8. The van der Waals surface area contributed by atoms with E-state index in [1.54, 1.807) is 18.2 Å². The van der Waals surface area contributed by atoms with Crippen LogP contribution in [-0.2, 0) is 4.74 Å². The maximum atomic E-state index is 11.3. The van der Waals surface area contributed by atoms with Gasteiger partial charge in [-0.15, -0.1) is 0 Å². The zero-order valence-electron chi connectivity index (χ0n) is 8.74. The van der Waals surface area contributed by atoms with Gasteiger partial charge in [0.25, 0.3) is 0 Å². The lowest BCUT2D eigenvalue weighted by molar-refractivity contribution is 0.0600. The molecule has 0 aromatic heterocycles. The molecule has 1 aliphatic heterocycles. The quantitative estimate of drug-likeness (QED) is 0.711. The van der Waals surface area contributed by atoms with Gasteiger partial charge >= 0.3 is 5.97 Å². The highest BCUT2D eigenvalue weighted by Gasteiger charge is 2.17. The van der Waals surface area contributed by atoms with Gasteiger partial charge in [-0.05, 0) is 25.1 Å². The van der Waals surface area contributed by atoms with Crippen molar-refractivity contribution in [3.63, 3.8) is 0 Å². The Morgan fingerprint density at radius 2 is 2.40 bits per heavy atom. The molecule has 0 saturated carbocycles. The number of esters is 1. The summed E-state index contributed by atoms with van der Waals surface area (Å²) in [4.78, 5) is 11.3. The molecule has 4 nitrogen and oxygen atoms in total. The zero-order valence-corrected chi connectivity index (χ0v) is 8.74. The molecule has 0 amide bonds. The number of rotatable bonds is 1. The maximum Gasteiger partial charge on any atom is 0.337 e. The molecule has 1 aliphatic rings. The summed E-state index contributed by atoms with van der Waals surface area (Å²) >= 11 is 0. The Morgan fingerprint density at radius 1 is 1.60 bits per heavy atom. The summed E-state index contributed by atoms with van der Waals surface area (Å²) in [5, 5.41) is 3.20. The fourth-order valence-electron chi connectivity index (χ4n) is 1.53. The van der Waals surface area contributed by atoms with Crippen LogP contribution in [-0.4, -0.2) is 25.7 Å². The number of carbonyl (C=O) groups is 1. The molecule has 80 valence electrons. The van der Waals surface area contributed by atoms with Crippen molar-refractivity contribution in [1.82, 2.24) is 0 Å². The van der Waals surface area contributed by atoms with Gasteiger partial charge in [-0.3, -0.25) is 0 Å². The summed E-state index contributed by atoms with van der Waals surface area (Å²) < 4.78 is 10.2. The fraction of sp³-hybridized carbons (Fsp3) is 0.364. The second-order valence-electron chi connectivity index (χ2n) is 3.51.